The minimum atomic E-state index is -5.08. The van der Waals surface area contributed by atoms with Gasteiger partial charge in [0.25, 0.3) is 5.91 Å². The Balaban J connectivity index is 0.000000657. The summed E-state index contributed by atoms with van der Waals surface area (Å²) in [7, 11) is 3.83. The average molecular weight is 802 g/mol. The molecule has 4 aromatic rings. The maximum absolute atomic E-state index is 16.3. The number of carbonyl (C=O) groups is 3. The second-order valence-electron chi connectivity index (χ2n) is 12.1. The number of amidine groups is 1. The van der Waals surface area contributed by atoms with Crippen LogP contribution in [0.1, 0.15) is 58.2 Å². The number of nitrogens with zero attached hydrogens (tertiary/aromatic N) is 3. The Kier molecular flexibility index (Phi) is 15.9. The molecule has 0 saturated carbocycles. The number of benzene rings is 3. The zero-order valence-electron chi connectivity index (χ0n) is 30.1. The van der Waals surface area contributed by atoms with Crippen molar-refractivity contribution >= 4 is 23.7 Å². The molecule has 4 rings (SSSR count). The van der Waals surface area contributed by atoms with Gasteiger partial charge in [-0.25, -0.2) is 18.8 Å². The average Bonchev–Trinajstić information content (AvgIpc) is 3.48. The van der Waals surface area contributed by atoms with Gasteiger partial charge < -0.3 is 31.3 Å². The molecule has 3 aromatic carbocycles. The molecule has 0 fully saturated rings. The Morgan fingerprint density at radius 2 is 1.48 bits per heavy atom. The highest BCUT2D eigenvalue weighted by Gasteiger charge is 2.39. The number of aliphatic carboxylic acids is 2. The predicted octanol–water partition coefficient (Wildman–Crippen LogP) is 4.62. The number of amides is 1. The Morgan fingerprint density at radius 1 is 0.946 bits per heavy atom. The van der Waals surface area contributed by atoms with E-state index in [1.165, 1.54) is 6.07 Å². The summed E-state index contributed by atoms with van der Waals surface area (Å²) in [5.74, 6) is -7.24. The molecule has 8 N–H and O–H groups in total. The minimum absolute atomic E-state index is 0.0652. The molecule has 2 atom stereocenters. The Hall–Kier alpha value is -6.25. The third-order valence-corrected chi connectivity index (χ3v) is 7.41. The number of nitrogens with one attached hydrogen (secondary N) is 2. The van der Waals surface area contributed by atoms with Crippen molar-refractivity contribution < 1.29 is 60.1 Å². The molecular formula is C35H38F7N7O7. The highest BCUT2D eigenvalue weighted by Crippen LogP contribution is 2.34. The zero-order valence-corrected chi connectivity index (χ0v) is 30.1. The van der Waals surface area contributed by atoms with Crippen molar-refractivity contribution in [2.75, 3.05) is 20.6 Å². The molecule has 1 aromatic heterocycles. The SMILES string of the molecule is CCc1cc(OC(C)CN(C)C)c(F)c(C(Cc2ccc(C(=N)N)cc2)c2nn(-c3ccccc3C(N)=O)c(=O)[nH]2)c1.O=C(O)C(F)(F)F.O=C(O)C(F)(F)F. The molecule has 1 heterocycles. The number of alkyl halides is 6. The van der Waals surface area contributed by atoms with Crippen LogP contribution in [-0.4, -0.2) is 92.7 Å². The molecule has 56 heavy (non-hydrogen) atoms. The fourth-order valence-electron chi connectivity index (χ4n) is 4.93. The number of nitrogens with two attached hydrogens (primary N) is 2. The van der Waals surface area contributed by atoms with Crippen molar-refractivity contribution in [3.8, 4) is 11.4 Å². The van der Waals surface area contributed by atoms with Gasteiger partial charge in [-0.2, -0.15) is 31.0 Å². The van der Waals surface area contributed by atoms with Gasteiger partial charge in [-0.1, -0.05) is 49.4 Å². The van der Waals surface area contributed by atoms with Crippen molar-refractivity contribution in [3.05, 3.63) is 111 Å². The number of rotatable bonds is 12. The molecule has 0 radical (unpaired) electrons. The van der Waals surface area contributed by atoms with E-state index in [4.69, 9.17) is 41.4 Å². The molecule has 14 nitrogen and oxygen atoms in total. The Morgan fingerprint density at radius 3 is 1.95 bits per heavy atom. The van der Waals surface area contributed by atoms with Crippen LogP contribution in [0.3, 0.4) is 0 Å². The van der Waals surface area contributed by atoms with E-state index in [1.54, 1.807) is 54.6 Å². The summed E-state index contributed by atoms with van der Waals surface area (Å²) in [4.78, 5) is 47.8. The maximum atomic E-state index is 16.3. The minimum Gasteiger partial charge on any atom is -0.486 e. The standard InChI is InChI=1S/C31H36FN7O3.2C2HF3O2/c1-5-19-14-23(27(32)26(16-19)42-18(2)17-38(3)4)24(15-20-10-12-21(13-11-20)28(33)34)30-36-31(41)39(37-30)25-9-7-6-8-22(25)29(35)40;2*3-2(4,5)1(6)7/h6-14,16,18,24H,5,15,17H2,1-4H3,(H3,33,34)(H2,35,40)(H,36,37,41);2*(H,6,7). The predicted molar refractivity (Wildman–Crippen MR) is 188 cm³/mol. The second-order valence-corrected chi connectivity index (χ2v) is 12.1. The summed E-state index contributed by atoms with van der Waals surface area (Å²) in [6, 6.07) is 16.9. The van der Waals surface area contributed by atoms with Crippen LogP contribution in [0.25, 0.3) is 5.69 Å². The van der Waals surface area contributed by atoms with Crippen LogP contribution in [-0.2, 0) is 22.4 Å². The molecule has 0 aliphatic carbocycles. The first kappa shape index (κ1) is 45.9. The molecule has 2 unspecified atom stereocenters. The van der Waals surface area contributed by atoms with Crippen molar-refractivity contribution in [2.24, 2.45) is 11.5 Å². The summed E-state index contributed by atoms with van der Waals surface area (Å²) in [6.45, 7) is 4.44. The van der Waals surface area contributed by atoms with Crippen molar-refractivity contribution in [1.82, 2.24) is 19.7 Å². The monoisotopic (exact) mass is 801 g/mol. The maximum Gasteiger partial charge on any atom is 0.490 e. The number of likely N-dealkylation sites (N-methyl/N-ethyl adjacent to an activating group) is 1. The highest BCUT2D eigenvalue weighted by molar-refractivity contribution is 5.96. The molecule has 21 heteroatoms. The fraction of sp³-hybridized carbons (Fsp3) is 0.314. The number of carbonyl (C=O) groups excluding carboxylic acids is 1. The van der Waals surface area contributed by atoms with Gasteiger partial charge in [-0.15, -0.1) is 5.10 Å². The van der Waals surface area contributed by atoms with Gasteiger partial charge >= 0.3 is 30.0 Å². The van der Waals surface area contributed by atoms with E-state index < -0.39 is 47.6 Å². The van der Waals surface area contributed by atoms with Crippen molar-refractivity contribution in [2.45, 2.75) is 51.1 Å². The van der Waals surface area contributed by atoms with E-state index in [1.807, 2.05) is 32.8 Å². The molecule has 0 saturated heterocycles. The van der Waals surface area contributed by atoms with Crippen molar-refractivity contribution in [3.63, 3.8) is 0 Å². The van der Waals surface area contributed by atoms with Gasteiger partial charge in [-0.3, -0.25) is 15.2 Å². The largest absolute Gasteiger partial charge is 0.490 e. The number of ether oxygens (including phenoxy) is 1. The molecule has 1 amide bonds. The lowest BCUT2D eigenvalue weighted by Crippen LogP contribution is -2.28. The molecule has 0 spiro atoms. The summed E-state index contributed by atoms with van der Waals surface area (Å²) in [6.07, 6.45) is -9.56. The third-order valence-electron chi connectivity index (χ3n) is 7.41. The normalized spacial score (nSPS) is 12.4. The lowest BCUT2D eigenvalue weighted by Gasteiger charge is -2.22. The number of hydrogen-bond acceptors (Lipinski definition) is 8. The van der Waals surface area contributed by atoms with Crippen LogP contribution in [0.4, 0.5) is 30.7 Å². The van der Waals surface area contributed by atoms with Crippen LogP contribution in [0.2, 0.25) is 0 Å². The number of aromatic amines is 1. The molecule has 0 aliphatic rings. The summed E-state index contributed by atoms with van der Waals surface area (Å²) < 4.78 is 86.9. The lowest BCUT2D eigenvalue weighted by atomic mass is 9.89. The van der Waals surface area contributed by atoms with Gasteiger partial charge in [0.05, 0.1) is 17.2 Å². The van der Waals surface area contributed by atoms with E-state index in [0.717, 1.165) is 15.8 Å². The Bertz CT molecular complexity index is 2040. The molecule has 0 bridgehead atoms. The quantitative estimate of drug-likeness (QED) is 0.0662. The molecule has 304 valence electrons. The topological polar surface area (TPSA) is 231 Å². The highest BCUT2D eigenvalue weighted by atomic mass is 19.4. The fourth-order valence-corrected chi connectivity index (χ4v) is 4.93. The van der Waals surface area contributed by atoms with Gasteiger partial charge in [0.1, 0.15) is 17.8 Å². The number of para-hydroxylation sites is 1. The number of carboxylic acid groups (broad SMARTS) is 2. The number of nitrogen functional groups attached to an aromatic ring is 1. The summed E-state index contributed by atoms with van der Waals surface area (Å²) >= 11 is 0. The number of aromatic nitrogens is 3. The van der Waals surface area contributed by atoms with Crippen LogP contribution in [0.5, 0.6) is 5.75 Å². The number of hydrogen-bond donors (Lipinski definition) is 6. The summed E-state index contributed by atoms with van der Waals surface area (Å²) in [5.41, 5.74) is 13.4. The van der Waals surface area contributed by atoms with Crippen LogP contribution in [0, 0.1) is 11.2 Å². The van der Waals surface area contributed by atoms with Crippen LogP contribution < -0.4 is 21.9 Å². The number of primary amides is 1. The van der Waals surface area contributed by atoms with E-state index >= 15 is 4.39 Å². The second kappa shape index (κ2) is 19.4. The number of halogens is 7. The zero-order chi connectivity index (χ0) is 42.7. The smallest absolute Gasteiger partial charge is 0.486 e. The Labute approximate surface area is 314 Å². The lowest BCUT2D eigenvalue weighted by molar-refractivity contribution is -0.193. The number of aryl methyl sites for hydroxylation is 1. The molecular weight excluding hydrogens is 763 g/mol. The number of H-pyrrole nitrogens is 1. The first-order valence-corrected chi connectivity index (χ1v) is 16.1. The van der Waals surface area contributed by atoms with Crippen LogP contribution >= 0.6 is 0 Å². The van der Waals surface area contributed by atoms with Gasteiger partial charge in [0, 0.05) is 17.7 Å². The van der Waals surface area contributed by atoms with E-state index in [2.05, 4.69) is 10.1 Å². The van der Waals surface area contributed by atoms with Gasteiger partial charge in [0.15, 0.2) is 11.6 Å². The third kappa shape index (κ3) is 13.2. The van der Waals surface area contributed by atoms with Gasteiger partial charge in [0.2, 0.25) is 0 Å². The number of carboxylic acids is 2. The van der Waals surface area contributed by atoms with E-state index in [0.29, 0.717) is 24.1 Å². The molecule has 0 aliphatic heterocycles. The first-order chi connectivity index (χ1) is 25.9. The van der Waals surface area contributed by atoms with Crippen LogP contribution in [0.15, 0.2) is 65.5 Å². The summed E-state index contributed by atoms with van der Waals surface area (Å²) in [5, 5.41) is 26.5. The van der Waals surface area contributed by atoms with E-state index in [9.17, 15) is 35.9 Å². The first-order valence-electron chi connectivity index (χ1n) is 16.1. The van der Waals surface area contributed by atoms with Gasteiger partial charge in [-0.05, 0) is 63.2 Å². The van der Waals surface area contributed by atoms with Crippen molar-refractivity contribution in [1.29, 1.82) is 5.41 Å². The van der Waals surface area contributed by atoms with E-state index in [-0.39, 0.29) is 41.2 Å².